The zero-order chi connectivity index (χ0) is 43.1. The first-order valence-electron chi connectivity index (χ1n) is 17.7. The molecule has 0 unspecified atom stereocenters. The molecule has 24 nitrogen and oxygen atoms in total. The number of nitrogens with zero attached hydrogens (tertiary/aromatic N) is 2. The van der Waals surface area contributed by atoms with Crippen molar-refractivity contribution < 1.29 is 63.3 Å². The van der Waals surface area contributed by atoms with Gasteiger partial charge in [-0.1, -0.05) is 12.1 Å². The fourth-order valence-electron chi connectivity index (χ4n) is 5.85. The van der Waals surface area contributed by atoms with E-state index in [2.05, 4.69) is 36.6 Å². The first-order valence-corrected chi connectivity index (χ1v) is 17.7. The molecule has 314 valence electrons. The number of likely N-dealkylation sites (tertiary alicyclic amines) is 1. The second kappa shape index (κ2) is 21.3. The quantitative estimate of drug-likeness (QED) is 0.0528. The summed E-state index contributed by atoms with van der Waals surface area (Å²) in [7, 11) is 0. The highest BCUT2D eigenvalue weighted by atomic mass is 16.4. The molecule has 1 aromatic heterocycles. The van der Waals surface area contributed by atoms with Crippen molar-refractivity contribution in [3.63, 3.8) is 0 Å². The number of amides is 8. The summed E-state index contributed by atoms with van der Waals surface area (Å²) < 4.78 is 0. The number of hydrogen-bond acceptors (Lipinski definition) is 13. The SMILES string of the molecule is NC(=O)C[C@H](NC(=O)[C@H](Cc1ccc(O)cc1)NC(=O)CNC(=O)[C@H](CC(=O)O)NC(=O)[C@@H]1CCCN1C(=O)[C@@H](N)CC(=O)O)C(=O)N[C@@H](Cc1c[nH]cn1)C(N)=O. The molecule has 0 saturated carbocycles. The highest BCUT2D eigenvalue weighted by molar-refractivity contribution is 5.98. The van der Waals surface area contributed by atoms with Crippen molar-refractivity contribution in [3.8, 4) is 5.75 Å². The Hall–Kier alpha value is -7.11. The third-order valence-corrected chi connectivity index (χ3v) is 8.68. The number of hydrogen-bond donors (Lipinski definition) is 12. The minimum atomic E-state index is -1.76. The Morgan fingerprint density at radius 1 is 0.793 bits per heavy atom. The normalized spacial score (nSPS) is 16.0. The first kappa shape index (κ1) is 45.3. The maximum atomic E-state index is 13.6. The number of phenolic OH excluding ortho intramolecular Hbond substituents is 1. The molecule has 24 heteroatoms. The van der Waals surface area contributed by atoms with E-state index >= 15 is 0 Å². The zero-order valence-electron chi connectivity index (χ0n) is 30.8. The summed E-state index contributed by atoms with van der Waals surface area (Å²) in [6, 6.07) is -3.52. The Morgan fingerprint density at radius 3 is 2.00 bits per heavy atom. The number of aliphatic carboxylic acids is 2. The van der Waals surface area contributed by atoms with Crippen LogP contribution in [0.25, 0.3) is 0 Å². The number of aromatic amines is 1. The molecule has 2 aromatic rings. The molecule has 1 aliphatic rings. The predicted molar refractivity (Wildman–Crippen MR) is 195 cm³/mol. The van der Waals surface area contributed by atoms with Crippen molar-refractivity contribution in [1.29, 1.82) is 0 Å². The number of imidazole rings is 1. The van der Waals surface area contributed by atoms with E-state index in [4.69, 9.17) is 22.3 Å². The Labute approximate surface area is 329 Å². The van der Waals surface area contributed by atoms with Gasteiger partial charge in [0, 0.05) is 25.6 Å². The molecular weight excluding hydrogens is 770 g/mol. The van der Waals surface area contributed by atoms with Gasteiger partial charge in [-0.25, -0.2) is 4.98 Å². The van der Waals surface area contributed by atoms with Crippen LogP contribution in [0.15, 0.2) is 36.8 Å². The van der Waals surface area contributed by atoms with E-state index in [0.717, 1.165) is 4.90 Å². The molecule has 3 rings (SSSR count). The van der Waals surface area contributed by atoms with Crippen LogP contribution >= 0.6 is 0 Å². The topological polar surface area (TPSA) is 402 Å². The van der Waals surface area contributed by atoms with Crippen molar-refractivity contribution in [2.45, 2.75) is 81.2 Å². The summed E-state index contributed by atoms with van der Waals surface area (Å²) in [4.78, 5) is 133. The number of primary amides is 2. The number of carbonyl (C=O) groups is 10. The van der Waals surface area contributed by atoms with E-state index in [-0.39, 0.29) is 31.6 Å². The molecule has 1 saturated heterocycles. The van der Waals surface area contributed by atoms with Crippen LogP contribution in [-0.2, 0) is 60.8 Å². The molecule has 0 spiro atoms. The first-order chi connectivity index (χ1) is 27.3. The van der Waals surface area contributed by atoms with E-state index in [9.17, 15) is 58.2 Å². The van der Waals surface area contributed by atoms with Crippen LogP contribution in [0.4, 0.5) is 0 Å². The lowest BCUT2D eigenvalue weighted by molar-refractivity contribution is -0.144. The summed E-state index contributed by atoms with van der Waals surface area (Å²) in [6.45, 7) is -0.826. The second-order valence-electron chi connectivity index (χ2n) is 13.2. The molecule has 2 heterocycles. The number of aromatic nitrogens is 2. The number of carboxylic acid groups (broad SMARTS) is 2. The van der Waals surface area contributed by atoms with Gasteiger partial charge in [-0.05, 0) is 30.5 Å². The molecule has 6 atom stereocenters. The van der Waals surface area contributed by atoms with Crippen molar-refractivity contribution in [2.24, 2.45) is 17.2 Å². The van der Waals surface area contributed by atoms with Crippen LogP contribution in [0.2, 0.25) is 0 Å². The van der Waals surface area contributed by atoms with Gasteiger partial charge in [0.05, 0.1) is 43.9 Å². The average molecular weight is 816 g/mol. The van der Waals surface area contributed by atoms with Crippen LogP contribution in [0.5, 0.6) is 5.75 Å². The minimum absolute atomic E-state index is 0.0484. The molecule has 8 amide bonds. The lowest BCUT2D eigenvalue weighted by Crippen LogP contribution is -2.58. The van der Waals surface area contributed by atoms with Gasteiger partial charge in [0.15, 0.2) is 0 Å². The maximum Gasteiger partial charge on any atom is 0.305 e. The summed E-state index contributed by atoms with van der Waals surface area (Å²) in [5.41, 5.74) is 17.2. The summed E-state index contributed by atoms with van der Waals surface area (Å²) in [6.07, 6.45) is 0.372. The van der Waals surface area contributed by atoms with E-state index in [1.807, 2.05) is 0 Å². The standard InChI is InChI=1S/C34H45N11O13/c35-19(10-27(49)50)34(58)45-7-1-2-24(45)33(57)44-23(12-28(51)52)30(54)39-14-26(48)41-21(8-16-3-5-18(46)6-4-16)31(55)43-22(11-25(36)47)32(56)42-20(29(37)53)9-17-13-38-15-40-17/h3-6,13,15,19-24,46H,1-2,7-12,14,35H2,(H2,36,47)(H2,37,53)(H,38,40)(H,39,54)(H,41,48)(H,42,56)(H,43,55)(H,44,57)(H,49,50)(H,51,52)/t19-,20-,21-,22-,23-,24-/m0/s1. The fourth-order valence-corrected chi connectivity index (χ4v) is 5.85. The van der Waals surface area contributed by atoms with Crippen LogP contribution in [-0.4, -0.2) is 139 Å². The van der Waals surface area contributed by atoms with Gasteiger partial charge >= 0.3 is 11.9 Å². The average Bonchev–Trinajstić information content (AvgIpc) is 3.85. The Kier molecular flexibility index (Phi) is 16.6. The van der Waals surface area contributed by atoms with E-state index < -0.39 is 121 Å². The number of H-pyrrole nitrogens is 1. The van der Waals surface area contributed by atoms with Crippen LogP contribution < -0.4 is 43.8 Å². The highest BCUT2D eigenvalue weighted by Gasteiger charge is 2.38. The Balaban J connectivity index is 1.73. The van der Waals surface area contributed by atoms with Gasteiger partial charge < -0.3 is 69.0 Å². The van der Waals surface area contributed by atoms with Crippen molar-refractivity contribution in [2.75, 3.05) is 13.1 Å². The zero-order valence-corrected chi connectivity index (χ0v) is 30.8. The molecule has 0 bridgehead atoms. The molecule has 0 aliphatic carbocycles. The maximum absolute atomic E-state index is 13.6. The van der Waals surface area contributed by atoms with Gasteiger partial charge in [-0.2, -0.15) is 0 Å². The van der Waals surface area contributed by atoms with Gasteiger partial charge in [0.2, 0.25) is 47.3 Å². The largest absolute Gasteiger partial charge is 0.508 e. The number of nitrogens with one attached hydrogen (secondary N) is 6. The number of carboxylic acids is 2. The number of phenols is 1. The number of rotatable bonds is 22. The third-order valence-electron chi connectivity index (χ3n) is 8.68. The lowest BCUT2D eigenvalue weighted by atomic mass is 10.0. The van der Waals surface area contributed by atoms with Crippen LogP contribution in [0, 0.1) is 0 Å². The lowest BCUT2D eigenvalue weighted by Gasteiger charge is -2.27. The smallest absolute Gasteiger partial charge is 0.305 e. The Morgan fingerprint density at radius 2 is 1.41 bits per heavy atom. The molecule has 1 aromatic carbocycles. The minimum Gasteiger partial charge on any atom is -0.508 e. The summed E-state index contributed by atoms with van der Waals surface area (Å²) in [5, 5.41) is 39.6. The molecule has 1 fully saturated rings. The number of aromatic hydroxyl groups is 1. The van der Waals surface area contributed by atoms with Gasteiger partial charge in [-0.15, -0.1) is 0 Å². The number of benzene rings is 1. The van der Waals surface area contributed by atoms with E-state index in [1.165, 1.54) is 36.8 Å². The van der Waals surface area contributed by atoms with Crippen molar-refractivity contribution in [1.82, 2.24) is 41.5 Å². The van der Waals surface area contributed by atoms with Gasteiger partial charge in [0.1, 0.15) is 36.0 Å². The van der Waals surface area contributed by atoms with Gasteiger partial charge in [0.25, 0.3) is 0 Å². The summed E-state index contributed by atoms with van der Waals surface area (Å²) in [5.74, 6) is -11.0. The van der Waals surface area contributed by atoms with Crippen molar-refractivity contribution in [3.05, 3.63) is 48.0 Å². The van der Waals surface area contributed by atoms with E-state index in [0.29, 0.717) is 17.7 Å². The third kappa shape index (κ3) is 14.2. The fraction of sp³-hybridized carbons (Fsp3) is 0.441. The highest BCUT2D eigenvalue weighted by Crippen LogP contribution is 2.19. The number of nitrogens with two attached hydrogens (primary N) is 3. The molecule has 58 heavy (non-hydrogen) atoms. The molecule has 0 radical (unpaired) electrons. The van der Waals surface area contributed by atoms with E-state index in [1.54, 1.807) is 0 Å². The monoisotopic (exact) mass is 815 g/mol. The van der Waals surface area contributed by atoms with Crippen LogP contribution in [0.3, 0.4) is 0 Å². The van der Waals surface area contributed by atoms with Crippen molar-refractivity contribution >= 4 is 59.2 Å². The van der Waals surface area contributed by atoms with Crippen LogP contribution in [0.1, 0.15) is 43.4 Å². The van der Waals surface area contributed by atoms with Gasteiger partial charge in [-0.3, -0.25) is 47.9 Å². The number of carbonyl (C=O) groups excluding carboxylic acids is 8. The summed E-state index contributed by atoms with van der Waals surface area (Å²) >= 11 is 0. The second-order valence-corrected chi connectivity index (χ2v) is 13.2. The molecule has 15 N–H and O–H groups in total. The Bertz CT molecular complexity index is 1860. The molecular formula is C34H45N11O13. The molecule has 1 aliphatic heterocycles. The predicted octanol–water partition coefficient (Wildman–Crippen LogP) is -5.42.